The summed E-state index contributed by atoms with van der Waals surface area (Å²) in [5.74, 6) is 7.13. The molecule has 0 aliphatic heterocycles. The van der Waals surface area contributed by atoms with Crippen LogP contribution >= 0.6 is 11.3 Å². The standard InChI is InChI=1S/C15H23N5S/c1-3-5-8-20(10-6-7-10)13-12-9-11(4-2)21-14(12)18-15(17-13)19-16/h9-10H,3-8,16H2,1-2H3,(H,17,18,19). The number of hydrazine groups is 1. The summed E-state index contributed by atoms with van der Waals surface area (Å²) in [6, 6.07) is 2.89. The van der Waals surface area contributed by atoms with E-state index in [-0.39, 0.29) is 0 Å². The Morgan fingerprint density at radius 2 is 2.19 bits per heavy atom. The molecule has 0 aromatic carbocycles. The van der Waals surface area contributed by atoms with Crippen LogP contribution in [-0.4, -0.2) is 22.6 Å². The van der Waals surface area contributed by atoms with Crippen molar-refractivity contribution in [3.05, 3.63) is 10.9 Å². The van der Waals surface area contributed by atoms with E-state index in [1.165, 1.54) is 35.9 Å². The van der Waals surface area contributed by atoms with Crippen molar-refractivity contribution < 1.29 is 0 Å². The number of nitrogens with two attached hydrogens (primary N) is 1. The van der Waals surface area contributed by atoms with Crippen molar-refractivity contribution in [1.29, 1.82) is 0 Å². The number of aryl methyl sites for hydroxylation is 1. The number of hydrogen-bond donors (Lipinski definition) is 2. The van der Waals surface area contributed by atoms with Gasteiger partial charge in [-0.15, -0.1) is 11.3 Å². The number of fused-ring (bicyclic) bond motifs is 1. The van der Waals surface area contributed by atoms with E-state index in [2.05, 4.69) is 40.2 Å². The molecule has 0 amide bonds. The molecule has 0 atom stereocenters. The molecule has 0 spiro atoms. The van der Waals surface area contributed by atoms with E-state index in [4.69, 9.17) is 5.84 Å². The Morgan fingerprint density at radius 1 is 1.38 bits per heavy atom. The van der Waals surface area contributed by atoms with Crippen molar-refractivity contribution in [1.82, 2.24) is 9.97 Å². The Bertz CT molecular complexity index is 620. The summed E-state index contributed by atoms with van der Waals surface area (Å²) in [5.41, 5.74) is 2.61. The van der Waals surface area contributed by atoms with Gasteiger partial charge < -0.3 is 4.90 Å². The molecule has 2 aromatic rings. The van der Waals surface area contributed by atoms with E-state index in [9.17, 15) is 0 Å². The van der Waals surface area contributed by atoms with Crippen LogP contribution in [0.15, 0.2) is 6.07 Å². The van der Waals surface area contributed by atoms with Crippen LogP contribution in [0.3, 0.4) is 0 Å². The lowest BCUT2D eigenvalue weighted by Gasteiger charge is -2.24. The lowest BCUT2D eigenvalue weighted by molar-refractivity contribution is 0.707. The minimum absolute atomic E-state index is 0.518. The number of nitrogen functional groups attached to an aromatic ring is 1. The largest absolute Gasteiger partial charge is 0.353 e. The number of anilines is 2. The molecule has 1 aliphatic carbocycles. The first-order valence-corrected chi connectivity index (χ1v) is 8.62. The maximum absolute atomic E-state index is 5.55. The van der Waals surface area contributed by atoms with Gasteiger partial charge in [0.25, 0.3) is 0 Å². The molecular formula is C15H23N5S. The van der Waals surface area contributed by atoms with E-state index in [0.717, 1.165) is 23.6 Å². The van der Waals surface area contributed by atoms with Gasteiger partial charge in [0.05, 0.1) is 5.39 Å². The number of nitrogens with one attached hydrogen (secondary N) is 1. The Kier molecular flexibility index (Phi) is 4.26. The fourth-order valence-electron chi connectivity index (χ4n) is 2.59. The minimum atomic E-state index is 0.518. The monoisotopic (exact) mass is 305 g/mol. The summed E-state index contributed by atoms with van der Waals surface area (Å²) >= 11 is 1.74. The number of nitrogens with zero attached hydrogens (tertiary/aromatic N) is 3. The first-order valence-electron chi connectivity index (χ1n) is 7.80. The SMILES string of the molecule is CCCCN(c1nc(NN)nc2sc(CC)cc12)C1CC1. The number of aromatic nitrogens is 2. The molecule has 2 heterocycles. The Hall–Kier alpha value is -1.40. The van der Waals surface area contributed by atoms with Gasteiger partial charge in [0.2, 0.25) is 5.95 Å². The van der Waals surface area contributed by atoms with Gasteiger partial charge in [-0.05, 0) is 31.7 Å². The second kappa shape index (κ2) is 6.15. The maximum atomic E-state index is 5.55. The van der Waals surface area contributed by atoms with Gasteiger partial charge in [-0.1, -0.05) is 20.3 Å². The van der Waals surface area contributed by atoms with Gasteiger partial charge in [0.15, 0.2) is 0 Å². The zero-order valence-electron chi connectivity index (χ0n) is 12.7. The molecule has 3 N–H and O–H groups in total. The highest BCUT2D eigenvalue weighted by molar-refractivity contribution is 7.18. The Labute approximate surface area is 129 Å². The average Bonchev–Trinajstić information content (AvgIpc) is 3.25. The van der Waals surface area contributed by atoms with Gasteiger partial charge >= 0.3 is 0 Å². The predicted molar refractivity (Wildman–Crippen MR) is 89.9 cm³/mol. The molecule has 1 saturated carbocycles. The Balaban J connectivity index is 2.06. The smallest absolute Gasteiger partial charge is 0.240 e. The van der Waals surface area contributed by atoms with Gasteiger partial charge in [0.1, 0.15) is 10.6 Å². The van der Waals surface area contributed by atoms with Gasteiger partial charge in [-0.3, -0.25) is 5.43 Å². The first-order chi connectivity index (χ1) is 10.3. The van der Waals surface area contributed by atoms with Gasteiger partial charge in [0, 0.05) is 17.5 Å². The van der Waals surface area contributed by atoms with E-state index in [1.807, 2.05) is 0 Å². The van der Waals surface area contributed by atoms with Gasteiger partial charge in [-0.2, -0.15) is 4.98 Å². The molecule has 6 heteroatoms. The third-order valence-corrected chi connectivity index (χ3v) is 5.09. The van der Waals surface area contributed by atoms with Crippen molar-refractivity contribution in [3.63, 3.8) is 0 Å². The minimum Gasteiger partial charge on any atom is -0.353 e. The number of thiophene rings is 1. The zero-order chi connectivity index (χ0) is 14.8. The summed E-state index contributed by atoms with van der Waals surface area (Å²) in [4.78, 5) is 14.0. The van der Waals surface area contributed by atoms with Crippen LogP contribution in [0.1, 0.15) is 44.4 Å². The summed E-state index contributed by atoms with van der Waals surface area (Å²) in [7, 11) is 0. The van der Waals surface area contributed by atoms with Crippen molar-refractivity contribution >= 4 is 33.3 Å². The third kappa shape index (κ3) is 2.96. The average molecular weight is 305 g/mol. The highest BCUT2D eigenvalue weighted by Gasteiger charge is 2.31. The van der Waals surface area contributed by atoms with E-state index >= 15 is 0 Å². The normalized spacial score (nSPS) is 14.6. The van der Waals surface area contributed by atoms with Crippen LogP contribution in [0, 0.1) is 0 Å². The maximum Gasteiger partial charge on any atom is 0.240 e. The van der Waals surface area contributed by atoms with Gasteiger partial charge in [-0.25, -0.2) is 10.8 Å². The van der Waals surface area contributed by atoms with Crippen LogP contribution in [-0.2, 0) is 6.42 Å². The van der Waals surface area contributed by atoms with E-state index in [0.29, 0.717) is 12.0 Å². The highest BCUT2D eigenvalue weighted by Crippen LogP contribution is 2.37. The summed E-state index contributed by atoms with van der Waals surface area (Å²) in [6.07, 6.45) is 5.96. The number of unbranched alkanes of at least 4 members (excludes halogenated alkanes) is 1. The number of hydrogen-bond acceptors (Lipinski definition) is 6. The topological polar surface area (TPSA) is 67.1 Å². The molecule has 0 bridgehead atoms. The fourth-order valence-corrected chi connectivity index (χ4v) is 3.55. The van der Waals surface area contributed by atoms with E-state index < -0.39 is 0 Å². The molecule has 3 rings (SSSR count). The van der Waals surface area contributed by atoms with Crippen molar-refractivity contribution in [2.45, 2.75) is 52.0 Å². The van der Waals surface area contributed by atoms with Crippen LogP contribution in [0.25, 0.3) is 10.2 Å². The lowest BCUT2D eigenvalue weighted by Crippen LogP contribution is -2.28. The second-order valence-corrected chi connectivity index (χ2v) is 6.69. The third-order valence-electron chi connectivity index (χ3n) is 3.91. The fraction of sp³-hybridized carbons (Fsp3) is 0.600. The molecule has 0 radical (unpaired) electrons. The van der Waals surface area contributed by atoms with Crippen molar-refractivity contribution in [2.24, 2.45) is 5.84 Å². The highest BCUT2D eigenvalue weighted by atomic mass is 32.1. The predicted octanol–water partition coefficient (Wildman–Crippen LogP) is 3.31. The second-order valence-electron chi connectivity index (χ2n) is 5.58. The Morgan fingerprint density at radius 3 is 2.81 bits per heavy atom. The number of rotatable bonds is 7. The van der Waals surface area contributed by atoms with E-state index in [1.54, 1.807) is 11.3 Å². The molecule has 1 fully saturated rings. The zero-order valence-corrected chi connectivity index (χ0v) is 13.5. The van der Waals surface area contributed by atoms with Crippen molar-refractivity contribution in [2.75, 3.05) is 16.9 Å². The molecule has 21 heavy (non-hydrogen) atoms. The van der Waals surface area contributed by atoms with Crippen LogP contribution in [0.4, 0.5) is 11.8 Å². The molecule has 1 aliphatic rings. The summed E-state index contributed by atoms with van der Waals surface area (Å²) in [6.45, 7) is 5.47. The van der Waals surface area contributed by atoms with Crippen LogP contribution < -0.4 is 16.2 Å². The summed E-state index contributed by atoms with van der Waals surface area (Å²) < 4.78 is 0. The summed E-state index contributed by atoms with van der Waals surface area (Å²) in [5, 5.41) is 1.18. The molecule has 114 valence electrons. The van der Waals surface area contributed by atoms with Crippen LogP contribution in [0.2, 0.25) is 0 Å². The molecule has 2 aromatic heterocycles. The molecular weight excluding hydrogens is 282 g/mol. The van der Waals surface area contributed by atoms with Crippen LogP contribution in [0.5, 0.6) is 0 Å². The quantitative estimate of drug-likeness (QED) is 0.607. The lowest BCUT2D eigenvalue weighted by atomic mass is 10.2. The molecule has 0 saturated heterocycles. The first kappa shape index (κ1) is 14.5. The van der Waals surface area contributed by atoms with Crippen molar-refractivity contribution in [3.8, 4) is 0 Å². The molecule has 0 unspecified atom stereocenters. The molecule has 5 nitrogen and oxygen atoms in total.